The van der Waals surface area contributed by atoms with Gasteiger partial charge in [-0.05, 0) is 46.8 Å². The van der Waals surface area contributed by atoms with Crippen molar-refractivity contribution in [1.82, 2.24) is 9.80 Å². The molecule has 1 aromatic rings. The predicted molar refractivity (Wildman–Crippen MR) is 87.8 cm³/mol. The van der Waals surface area contributed by atoms with Crippen LogP contribution in [0, 0.1) is 0 Å². The van der Waals surface area contributed by atoms with Gasteiger partial charge >= 0.3 is 0 Å². The zero-order valence-electron chi connectivity index (χ0n) is 13.8. The van der Waals surface area contributed by atoms with E-state index in [4.69, 9.17) is 0 Å². The van der Waals surface area contributed by atoms with Gasteiger partial charge in [0, 0.05) is 17.6 Å². The van der Waals surface area contributed by atoms with Crippen molar-refractivity contribution in [3.05, 3.63) is 35.9 Å². The molecule has 1 aromatic carbocycles. The fraction of sp³-hybridized carbons (Fsp3) is 0.611. The van der Waals surface area contributed by atoms with Crippen LogP contribution in [0.5, 0.6) is 0 Å². The molecule has 0 saturated heterocycles. The number of Topliss-reactive ketones (excluding diaryl/α,β-unsaturated/α-hetero) is 1. The first-order chi connectivity index (χ1) is 10.00. The van der Waals surface area contributed by atoms with Gasteiger partial charge in [0.2, 0.25) is 0 Å². The van der Waals surface area contributed by atoms with Gasteiger partial charge in [0.05, 0.1) is 6.04 Å². The molecule has 0 bridgehead atoms. The minimum Gasteiger partial charge on any atom is -0.302 e. The van der Waals surface area contributed by atoms with Crippen LogP contribution in [0.2, 0.25) is 0 Å². The monoisotopic (exact) mass is 288 g/mol. The van der Waals surface area contributed by atoms with E-state index in [1.165, 1.54) is 19.3 Å². The number of ketones is 1. The maximum absolute atomic E-state index is 12.7. The van der Waals surface area contributed by atoms with Crippen molar-refractivity contribution in [2.75, 3.05) is 27.7 Å². The van der Waals surface area contributed by atoms with Crippen LogP contribution in [0.25, 0.3) is 0 Å². The summed E-state index contributed by atoms with van der Waals surface area (Å²) >= 11 is 0. The van der Waals surface area contributed by atoms with Crippen LogP contribution in [0.15, 0.2) is 30.3 Å². The van der Waals surface area contributed by atoms with Gasteiger partial charge < -0.3 is 4.90 Å². The second kappa shape index (κ2) is 6.71. The van der Waals surface area contributed by atoms with E-state index in [9.17, 15) is 4.79 Å². The molecular weight excluding hydrogens is 260 g/mol. The fourth-order valence-corrected chi connectivity index (χ4v) is 3.40. The molecule has 0 radical (unpaired) electrons. The normalized spacial score (nSPS) is 18.6. The van der Waals surface area contributed by atoms with Crippen molar-refractivity contribution in [2.24, 2.45) is 0 Å². The van der Waals surface area contributed by atoms with Crippen molar-refractivity contribution >= 4 is 5.78 Å². The number of nitrogens with zero attached hydrogens (tertiary/aromatic N) is 2. The van der Waals surface area contributed by atoms with E-state index in [0.717, 1.165) is 18.5 Å². The van der Waals surface area contributed by atoms with Gasteiger partial charge in [-0.15, -0.1) is 0 Å². The third kappa shape index (κ3) is 3.35. The first kappa shape index (κ1) is 16.2. The van der Waals surface area contributed by atoms with Gasteiger partial charge in [0.1, 0.15) is 0 Å². The molecule has 1 saturated carbocycles. The number of carbonyl (C=O) groups is 1. The molecule has 0 aromatic heterocycles. The average molecular weight is 288 g/mol. The molecule has 3 heteroatoms. The van der Waals surface area contributed by atoms with Crippen LogP contribution >= 0.6 is 0 Å². The lowest BCUT2D eigenvalue weighted by molar-refractivity contribution is 0.0163. The molecule has 1 unspecified atom stereocenters. The van der Waals surface area contributed by atoms with Crippen LogP contribution in [0.3, 0.4) is 0 Å². The van der Waals surface area contributed by atoms with Crippen molar-refractivity contribution < 1.29 is 4.79 Å². The van der Waals surface area contributed by atoms with E-state index in [1.807, 2.05) is 30.3 Å². The van der Waals surface area contributed by atoms with E-state index in [1.54, 1.807) is 0 Å². The molecule has 2 rings (SSSR count). The van der Waals surface area contributed by atoms with E-state index < -0.39 is 0 Å². The third-order valence-corrected chi connectivity index (χ3v) is 5.06. The Balaban J connectivity index is 2.08. The summed E-state index contributed by atoms with van der Waals surface area (Å²) in [5, 5.41) is 0. The summed E-state index contributed by atoms with van der Waals surface area (Å²) in [5.74, 6) is 0.244. The molecule has 1 aliphatic carbocycles. The van der Waals surface area contributed by atoms with E-state index >= 15 is 0 Å². The molecule has 3 nitrogen and oxygen atoms in total. The summed E-state index contributed by atoms with van der Waals surface area (Å²) < 4.78 is 0. The Hall–Kier alpha value is -1.19. The second-order valence-corrected chi connectivity index (χ2v) is 6.54. The number of likely N-dealkylation sites (N-methyl/N-ethyl adjacent to an activating group) is 2. The van der Waals surface area contributed by atoms with Gasteiger partial charge in [-0.3, -0.25) is 9.69 Å². The van der Waals surface area contributed by atoms with Crippen molar-refractivity contribution in [2.45, 2.75) is 44.2 Å². The maximum Gasteiger partial charge on any atom is 0.179 e. The quantitative estimate of drug-likeness (QED) is 0.720. The Bertz CT molecular complexity index is 465. The molecule has 21 heavy (non-hydrogen) atoms. The highest BCUT2D eigenvalue weighted by molar-refractivity contribution is 6.00. The number of rotatable bonds is 7. The van der Waals surface area contributed by atoms with Crippen LogP contribution in [0.1, 0.15) is 43.0 Å². The van der Waals surface area contributed by atoms with Gasteiger partial charge in [-0.25, -0.2) is 0 Å². The summed E-state index contributed by atoms with van der Waals surface area (Å²) in [6.07, 6.45) is 4.63. The Kier molecular flexibility index (Phi) is 5.17. The zero-order valence-corrected chi connectivity index (χ0v) is 13.8. The smallest absolute Gasteiger partial charge is 0.179 e. The molecule has 0 amide bonds. The molecule has 0 N–H and O–H groups in total. The minimum absolute atomic E-state index is 0.0233. The van der Waals surface area contributed by atoms with E-state index in [-0.39, 0.29) is 17.4 Å². The fourth-order valence-electron chi connectivity index (χ4n) is 3.40. The summed E-state index contributed by atoms with van der Waals surface area (Å²) in [6.45, 7) is 3.07. The first-order valence-electron chi connectivity index (χ1n) is 7.97. The van der Waals surface area contributed by atoms with Crippen molar-refractivity contribution in [3.8, 4) is 0 Å². The lowest BCUT2D eigenvalue weighted by Gasteiger charge is -2.50. The average Bonchev–Trinajstić information content (AvgIpc) is 2.44. The first-order valence-corrected chi connectivity index (χ1v) is 7.97. The lowest BCUT2D eigenvalue weighted by atomic mass is 9.75. The molecule has 0 heterocycles. The summed E-state index contributed by atoms with van der Waals surface area (Å²) in [7, 11) is 6.42. The largest absolute Gasteiger partial charge is 0.302 e. The summed E-state index contributed by atoms with van der Waals surface area (Å²) in [6, 6.07) is 9.65. The summed E-state index contributed by atoms with van der Waals surface area (Å²) in [4.78, 5) is 17.3. The molecule has 1 fully saturated rings. The van der Waals surface area contributed by atoms with Crippen molar-refractivity contribution in [3.63, 3.8) is 0 Å². The van der Waals surface area contributed by atoms with Crippen LogP contribution in [-0.2, 0) is 0 Å². The number of carbonyl (C=O) groups excluding carboxylic acids is 1. The highest BCUT2D eigenvalue weighted by atomic mass is 16.1. The Morgan fingerprint density at radius 1 is 1.19 bits per heavy atom. The molecule has 116 valence electrons. The van der Waals surface area contributed by atoms with Gasteiger partial charge in [-0.2, -0.15) is 0 Å². The van der Waals surface area contributed by atoms with Crippen LogP contribution < -0.4 is 0 Å². The highest BCUT2D eigenvalue weighted by Gasteiger charge is 2.41. The predicted octanol–water partition coefficient (Wildman–Crippen LogP) is 3.06. The maximum atomic E-state index is 12.7. The number of benzene rings is 1. The van der Waals surface area contributed by atoms with Crippen LogP contribution in [0.4, 0.5) is 0 Å². The topological polar surface area (TPSA) is 23.6 Å². The lowest BCUT2D eigenvalue weighted by Crippen LogP contribution is -2.58. The van der Waals surface area contributed by atoms with Gasteiger partial charge in [0.25, 0.3) is 0 Å². The SMILES string of the molecule is CCC(C(=O)c1ccccc1)N(C)CC1(N(C)C)CCC1. The minimum atomic E-state index is -0.0233. The van der Waals surface area contributed by atoms with E-state index in [2.05, 4.69) is 37.9 Å². The zero-order chi connectivity index (χ0) is 15.5. The molecule has 0 aliphatic heterocycles. The Morgan fingerprint density at radius 2 is 1.81 bits per heavy atom. The highest BCUT2D eigenvalue weighted by Crippen LogP contribution is 2.37. The molecule has 0 spiro atoms. The summed E-state index contributed by atoms with van der Waals surface area (Å²) in [5.41, 5.74) is 1.09. The van der Waals surface area contributed by atoms with Gasteiger partial charge in [0.15, 0.2) is 5.78 Å². The standard InChI is InChI=1S/C18H28N2O/c1-5-16(17(21)15-10-7-6-8-11-15)20(4)14-18(19(2)3)12-9-13-18/h6-8,10-11,16H,5,9,12-14H2,1-4H3. The second-order valence-electron chi connectivity index (χ2n) is 6.54. The third-order valence-electron chi connectivity index (χ3n) is 5.06. The number of hydrogen-bond donors (Lipinski definition) is 0. The number of hydrogen-bond acceptors (Lipinski definition) is 3. The van der Waals surface area contributed by atoms with E-state index in [0.29, 0.717) is 0 Å². The molecule has 1 aliphatic rings. The van der Waals surface area contributed by atoms with Crippen LogP contribution in [-0.4, -0.2) is 54.9 Å². The molecule has 1 atom stereocenters. The van der Waals surface area contributed by atoms with Crippen molar-refractivity contribution in [1.29, 1.82) is 0 Å². The Labute approximate surface area is 128 Å². The molecular formula is C18H28N2O. The van der Waals surface area contributed by atoms with Gasteiger partial charge in [-0.1, -0.05) is 37.3 Å². The Morgan fingerprint density at radius 3 is 2.24 bits per heavy atom.